The van der Waals surface area contributed by atoms with Crippen molar-refractivity contribution in [1.82, 2.24) is 5.01 Å². The molecule has 2 rings (SSSR count). The van der Waals surface area contributed by atoms with E-state index < -0.39 is 0 Å². The third-order valence-corrected chi connectivity index (χ3v) is 1.83. The zero-order valence-corrected chi connectivity index (χ0v) is 6.77. The largest absolute Gasteiger partial charge is 0.301 e. The molecule has 1 atom stereocenters. The Morgan fingerprint density at radius 1 is 1.67 bits per heavy atom. The molecule has 0 aromatic carbocycles. The van der Waals surface area contributed by atoms with Crippen molar-refractivity contribution in [2.24, 2.45) is 10.1 Å². The van der Waals surface area contributed by atoms with Crippen molar-refractivity contribution in [2.45, 2.75) is 13.0 Å². The number of carbonyl (C=O) groups is 1. The standard InChI is InChI=1S/C8H9N3O/c1-6-2-3-8-9-7(5-12)4-11(8)10-6/h2-3,5,7H,4H2,1H3. The summed E-state index contributed by atoms with van der Waals surface area (Å²) in [5.74, 6) is 0.790. The second-order valence-electron chi connectivity index (χ2n) is 2.85. The number of allylic oxidation sites excluding steroid dienone is 1. The van der Waals surface area contributed by atoms with Crippen molar-refractivity contribution in [3.63, 3.8) is 0 Å². The summed E-state index contributed by atoms with van der Waals surface area (Å²) >= 11 is 0. The average molecular weight is 163 g/mol. The van der Waals surface area contributed by atoms with E-state index in [2.05, 4.69) is 10.1 Å². The maximum Gasteiger partial charge on any atom is 0.146 e. The molecule has 2 aliphatic rings. The first-order chi connectivity index (χ1) is 5.79. The fourth-order valence-corrected chi connectivity index (χ4v) is 1.26. The van der Waals surface area contributed by atoms with Gasteiger partial charge in [-0.05, 0) is 19.1 Å². The summed E-state index contributed by atoms with van der Waals surface area (Å²) < 4.78 is 0. The van der Waals surface area contributed by atoms with E-state index in [1.807, 2.05) is 19.1 Å². The summed E-state index contributed by atoms with van der Waals surface area (Å²) in [6, 6.07) is -0.237. The van der Waals surface area contributed by atoms with Crippen LogP contribution in [-0.4, -0.2) is 35.4 Å². The van der Waals surface area contributed by atoms with Gasteiger partial charge >= 0.3 is 0 Å². The highest BCUT2D eigenvalue weighted by Crippen LogP contribution is 2.12. The van der Waals surface area contributed by atoms with Gasteiger partial charge in [0.15, 0.2) is 0 Å². The first-order valence-corrected chi connectivity index (χ1v) is 3.83. The van der Waals surface area contributed by atoms with Gasteiger partial charge in [0.2, 0.25) is 0 Å². The van der Waals surface area contributed by atoms with Crippen LogP contribution >= 0.6 is 0 Å². The van der Waals surface area contributed by atoms with Crippen molar-refractivity contribution in [2.75, 3.05) is 6.54 Å². The molecule has 0 N–H and O–H groups in total. The van der Waals surface area contributed by atoms with Crippen LogP contribution in [0.4, 0.5) is 0 Å². The molecule has 4 nitrogen and oxygen atoms in total. The van der Waals surface area contributed by atoms with Crippen molar-refractivity contribution < 1.29 is 4.79 Å². The van der Waals surface area contributed by atoms with Crippen LogP contribution in [0.15, 0.2) is 22.2 Å². The van der Waals surface area contributed by atoms with E-state index in [9.17, 15) is 4.79 Å². The molecule has 0 saturated heterocycles. The van der Waals surface area contributed by atoms with Gasteiger partial charge in [0, 0.05) is 0 Å². The van der Waals surface area contributed by atoms with Gasteiger partial charge in [-0.3, -0.25) is 4.99 Å². The van der Waals surface area contributed by atoms with Gasteiger partial charge in [0.1, 0.15) is 18.2 Å². The molecule has 1 unspecified atom stereocenters. The maximum absolute atomic E-state index is 10.4. The van der Waals surface area contributed by atoms with E-state index in [0.29, 0.717) is 6.54 Å². The minimum absolute atomic E-state index is 0.237. The minimum Gasteiger partial charge on any atom is -0.301 e. The van der Waals surface area contributed by atoms with Crippen LogP contribution in [0.25, 0.3) is 0 Å². The number of amidine groups is 1. The molecule has 0 saturated carbocycles. The second-order valence-corrected chi connectivity index (χ2v) is 2.85. The number of nitrogens with zero attached hydrogens (tertiary/aromatic N) is 3. The van der Waals surface area contributed by atoms with E-state index in [1.165, 1.54) is 0 Å². The molecule has 62 valence electrons. The molecular weight excluding hydrogens is 154 g/mol. The zero-order chi connectivity index (χ0) is 8.55. The van der Waals surface area contributed by atoms with E-state index >= 15 is 0 Å². The first kappa shape index (κ1) is 7.21. The molecule has 2 aliphatic heterocycles. The zero-order valence-electron chi connectivity index (χ0n) is 6.77. The lowest BCUT2D eigenvalue weighted by molar-refractivity contribution is -0.108. The molecule has 0 aliphatic carbocycles. The number of aliphatic imine (C=N–C) groups is 1. The van der Waals surface area contributed by atoms with Gasteiger partial charge in [-0.2, -0.15) is 5.10 Å². The molecule has 0 bridgehead atoms. The van der Waals surface area contributed by atoms with Crippen LogP contribution in [0.5, 0.6) is 0 Å². The average Bonchev–Trinajstić information content (AvgIpc) is 2.46. The molecule has 0 radical (unpaired) electrons. The Morgan fingerprint density at radius 2 is 2.50 bits per heavy atom. The predicted molar refractivity (Wildman–Crippen MR) is 46.2 cm³/mol. The molecule has 12 heavy (non-hydrogen) atoms. The lowest BCUT2D eigenvalue weighted by Crippen LogP contribution is -2.26. The summed E-state index contributed by atoms with van der Waals surface area (Å²) in [7, 11) is 0. The Morgan fingerprint density at radius 3 is 3.25 bits per heavy atom. The molecule has 0 aromatic heterocycles. The van der Waals surface area contributed by atoms with Gasteiger partial charge in [0.25, 0.3) is 0 Å². The topological polar surface area (TPSA) is 45.0 Å². The lowest BCUT2D eigenvalue weighted by Gasteiger charge is -2.15. The highest BCUT2D eigenvalue weighted by molar-refractivity contribution is 6.06. The lowest BCUT2D eigenvalue weighted by atomic mass is 10.3. The predicted octanol–water partition coefficient (Wildman–Crippen LogP) is 0.214. The third-order valence-electron chi connectivity index (χ3n) is 1.83. The van der Waals surface area contributed by atoms with Crippen LogP contribution < -0.4 is 0 Å². The Kier molecular flexibility index (Phi) is 1.53. The summed E-state index contributed by atoms with van der Waals surface area (Å²) in [6.07, 6.45) is 4.62. The van der Waals surface area contributed by atoms with E-state index in [0.717, 1.165) is 17.8 Å². The molecule has 0 amide bonds. The van der Waals surface area contributed by atoms with Crippen LogP contribution in [0.3, 0.4) is 0 Å². The second kappa shape index (κ2) is 2.55. The Balaban J connectivity index is 2.26. The number of carbonyl (C=O) groups excluding carboxylic acids is 1. The monoisotopic (exact) mass is 163 g/mol. The van der Waals surface area contributed by atoms with E-state index in [1.54, 1.807) is 5.01 Å². The van der Waals surface area contributed by atoms with Crippen LogP contribution in [0.1, 0.15) is 6.92 Å². The van der Waals surface area contributed by atoms with Gasteiger partial charge < -0.3 is 4.79 Å². The summed E-state index contributed by atoms with van der Waals surface area (Å²) in [5.41, 5.74) is 0.945. The quantitative estimate of drug-likeness (QED) is 0.519. The minimum atomic E-state index is -0.237. The normalized spacial score (nSPS) is 26.4. The maximum atomic E-state index is 10.4. The number of fused-ring (bicyclic) bond motifs is 1. The van der Waals surface area contributed by atoms with Crippen molar-refractivity contribution in [3.05, 3.63) is 12.2 Å². The number of hydrazone groups is 1. The number of hydrogen-bond donors (Lipinski definition) is 0. The molecule has 0 spiro atoms. The molecule has 0 fully saturated rings. The van der Waals surface area contributed by atoms with E-state index in [-0.39, 0.29) is 6.04 Å². The number of hydrogen-bond acceptors (Lipinski definition) is 4. The molecule has 2 heterocycles. The first-order valence-electron chi connectivity index (χ1n) is 3.83. The summed E-state index contributed by atoms with van der Waals surface area (Å²) in [4.78, 5) is 14.6. The molecular formula is C8H9N3O. The van der Waals surface area contributed by atoms with E-state index in [4.69, 9.17) is 0 Å². The van der Waals surface area contributed by atoms with Gasteiger partial charge in [0.05, 0.1) is 12.3 Å². The Hall–Kier alpha value is -1.45. The van der Waals surface area contributed by atoms with Crippen LogP contribution in [0.2, 0.25) is 0 Å². The third kappa shape index (κ3) is 1.05. The smallest absolute Gasteiger partial charge is 0.146 e. The van der Waals surface area contributed by atoms with Crippen LogP contribution in [-0.2, 0) is 4.79 Å². The number of rotatable bonds is 1. The van der Waals surface area contributed by atoms with Crippen molar-refractivity contribution >= 4 is 17.8 Å². The fourth-order valence-electron chi connectivity index (χ4n) is 1.26. The highest BCUT2D eigenvalue weighted by atomic mass is 16.1. The summed E-state index contributed by atoms with van der Waals surface area (Å²) in [6.45, 7) is 2.50. The number of aldehydes is 1. The van der Waals surface area contributed by atoms with Crippen LogP contribution in [0, 0.1) is 0 Å². The van der Waals surface area contributed by atoms with Crippen molar-refractivity contribution in [3.8, 4) is 0 Å². The van der Waals surface area contributed by atoms with Gasteiger partial charge in [-0.15, -0.1) is 0 Å². The fraction of sp³-hybridized carbons (Fsp3) is 0.375. The Bertz CT molecular complexity index is 303. The van der Waals surface area contributed by atoms with Gasteiger partial charge in [-0.25, -0.2) is 5.01 Å². The summed E-state index contributed by atoms with van der Waals surface area (Å²) in [5, 5.41) is 5.97. The molecule has 0 aromatic rings. The highest BCUT2D eigenvalue weighted by Gasteiger charge is 2.24. The van der Waals surface area contributed by atoms with Crippen molar-refractivity contribution in [1.29, 1.82) is 0 Å². The molecule has 4 heteroatoms. The Labute approximate surface area is 70.3 Å². The SMILES string of the molecule is CC1=NN2CC(C=O)N=C2C=C1. The van der Waals surface area contributed by atoms with Gasteiger partial charge in [-0.1, -0.05) is 0 Å².